The molecule has 3 aromatic rings. The first-order valence-electron chi connectivity index (χ1n) is 7.81. The fraction of sp³-hybridized carbons (Fsp3) is 0.0588. The SMILES string of the molecule is COC(=O)c1nc(-c2sccc2NC(=O)c2ccncc2C(=O)O)[nH]c(=O)c1O. The number of pyridine rings is 1. The maximum Gasteiger partial charge on any atom is 0.360 e. The second-order valence-electron chi connectivity index (χ2n) is 5.45. The summed E-state index contributed by atoms with van der Waals surface area (Å²) >= 11 is 1.08. The van der Waals surface area contributed by atoms with Crippen LogP contribution in [0.2, 0.25) is 0 Å². The molecule has 148 valence electrons. The van der Waals surface area contributed by atoms with Crippen molar-refractivity contribution >= 4 is 34.9 Å². The van der Waals surface area contributed by atoms with Crippen LogP contribution in [-0.2, 0) is 4.74 Å². The van der Waals surface area contributed by atoms with Crippen molar-refractivity contribution in [1.82, 2.24) is 15.0 Å². The Bertz CT molecular complexity index is 1180. The van der Waals surface area contributed by atoms with E-state index in [9.17, 15) is 29.4 Å². The zero-order valence-corrected chi connectivity index (χ0v) is 15.4. The van der Waals surface area contributed by atoms with Crippen molar-refractivity contribution in [3.05, 3.63) is 57.1 Å². The first-order chi connectivity index (χ1) is 13.8. The van der Waals surface area contributed by atoms with E-state index in [4.69, 9.17) is 0 Å². The maximum atomic E-state index is 12.6. The number of aromatic nitrogens is 3. The van der Waals surface area contributed by atoms with E-state index < -0.39 is 34.8 Å². The predicted molar refractivity (Wildman–Crippen MR) is 100 cm³/mol. The number of carboxylic acid groups (broad SMARTS) is 1. The number of carbonyl (C=O) groups is 3. The van der Waals surface area contributed by atoms with E-state index in [1.165, 1.54) is 18.3 Å². The number of hydrogen-bond acceptors (Lipinski definition) is 9. The van der Waals surface area contributed by atoms with Gasteiger partial charge in [0, 0.05) is 12.4 Å². The quantitative estimate of drug-likeness (QED) is 0.448. The van der Waals surface area contributed by atoms with Gasteiger partial charge < -0.3 is 25.3 Å². The molecule has 0 radical (unpaired) electrons. The molecule has 29 heavy (non-hydrogen) atoms. The third-order valence-electron chi connectivity index (χ3n) is 3.70. The average Bonchev–Trinajstić information content (AvgIpc) is 3.17. The van der Waals surface area contributed by atoms with E-state index in [1.54, 1.807) is 5.38 Å². The van der Waals surface area contributed by atoms with E-state index in [0.717, 1.165) is 24.6 Å². The van der Waals surface area contributed by atoms with Crippen molar-refractivity contribution in [3.63, 3.8) is 0 Å². The van der Waals surface area contributed by atoms with Crippen molar-refractivity contribution in [2.45, 2.75) is 0 Å². The van der Waals surface area contributed by atoms with Crippen LogP contribution in [-0.4, -0.2) is 50.1 Å². The van der Waals surface area contributed by atoms with Gasteiger partial charge in [-0.15, -0.1) is 11.3 Å². The standard InChI is InChI=1S/C17H12N4O7S/c1-28-17(27)10-11(22)15(24)21-13(20-10)12-9(3-5-29-12)19-14(23)7-2-4-18-6-8(7)16(25)26/h2-6,22H,1H3,(H,19,23)(H,25,26)(H,20,21,24). The van der Waals surface area contributed by atoms with E-state index in [1.807, 2.05) is 0 Å². The van der Waals surface area contributed by atoms with Gasteiger partial charge in [-0.3, -0.25) is 14.6 Å². The van der Waals surface area contributed by atoms with Gasteiger partial charge in [0.05, 0.1) is 28.8 Å². The van der Waals surface area contributed by atoms with Crippen LogP contribution < -0.4 is 10.9 Å². The zero-order chi connectivity index (χ0) is 21.1. The minimum absolute atomic E-state index is 0.0910. The van der Waals surface area contributed by atoms with Gasteiger partial charge in [-0.1, -0.05) is 0 Å². The van der Waals surface area contributed by atoms with Crippen LogP contribution in [0.5, 0.6) is 5.75 Å². The molecule has 1 amide bonds. The fourth-order valence-corrected chi connectivity index (χ4v) is 3.15. The third-order valence-corrected chi connectivity index (χ3v) is 4.62. The number of carboxylic acids is 1. The first kappa shape index (κ1) is 19.7. The summed E-state index contributed by atoms with van der Waals surface area (Å²) in [5.74, 6) is -4.04. The van der Waals surface area contributed by atoms with Crippen molar-refractivity contribution < 1.29 is 29.3 Å². The van der Waals surface area contributed by atoms with E-state index >= 15 is 0 Å². The fourth-order valence-electron chi connectivity index (χ4n) is 2.36. The molecule has 0 aliphatic rings. The second-order valence-corrected chi connectivity index (χ2v) is 6.36. The number of esters is 1. The molecule has 0 bridgehead atoms. The van der Waals surface area contributed by atoms with Crippen LogP contribution in [0.4, 0.5) is 5.69 Å². The minimum atomic E-state index is -1.32. The summed E-state index contributed by atoms with van der Waals surface area (Å²) < 4.78 is 4.49. The van der Waals surface area contributed by atoms with Gasteiger partial charge in [-0.25, -0.2) is 14.6 Å². The molecule has 4 N–H and O–H groups in total. The molecule has 0 fully saturated rings. The Balaban J connectivity index is 2.00. The normalized spacial score (nSPS) is 10.4. The predicted octanol–water partition coefficient (Wildman–Crippen LogP) is 1.34. The van der Waals surface area contributed by atoms with E-state index in [0.29, 0.717) is 0 Å². The number of aromatic hydroxyl groups is 1. The zero-order valence-electron chi connectivity index (χ0n) is 14.6. The number of ether oxygens (including phenoxy) is 1. The molecular formula is C17H12N4O7S. The van der Waals surface area contributed by atoms with Gasteiger partial charge in [0.25, 0.3) is 11.5 Å². The van der Waals surface area contributed by atoms with Gasteiger partial charge in [0.1, 0.15) is 0 Å². The lowest BCUT2D eigenvalue weighted by Gasteiger charge is -2.09. The average molecular weight is 416 g/mol. The topological polar surface area (TPSA) is 172 Å². The molecule has 0 aromatic carbocycles. The molecule has 0 saturated heterocycles. The summed E-state index contributed by atoms with van der Waals surface area (Å²) in [7, 11) is 1.07. The molecular weight excluding hydrogens is 404 g/mol. The highest BCUT2D eigenvalue weighted by atomic mass is 32.1. The number of anilines is 1. The molecule has 3 aromatic heterocycles. The van der Waals surface area contributed by atoms with Gasteiger partial charge in [-0.2, -0.15) is 0 Å². The minimum Gasteiger partial charge on any atom is -0.501 e. The summed E-state index contributed by atoms with van der Waals surface area (Å²) in [6, 6.07) is 2.76. The molecule has 3 heterocycles. The lowest BCUT2D eigenvalue weighted by atomic mass is 10.1. The van der Waals surface area contributed by atoms with Gasteiger partial charge in [0.2, 0.25) is 5.75 Å². The molecule has 0 aliphatic carbocycles. The number of amides is 1. The number of aromatic carboxylic acids is 1. The molecule has 0 spiro atoms. The number of nitrogens with one attached hydrogen (secondary N) is 2. The summed E-state index contributed by atoms with van der Waals surface area (Å²) in [6.45, 7) is 0. The van der Waals surface area contributed by atoms with Gasteiger partial charge in [-0.05, 0) is 17.5 Å². The summed E-state index contributed by atoms with van der Waals surface area (Å²) in [5.41, 5.74) is -1.75. The Morgan fingerprint density at radius 3 is 2.69 bits per heavy atom. The second kappa shape index (κ2) is 7.90. The number of rotatable bonds is 5. The third kappa shape index (κ3) is 3.82. The van der Waals surface area contributed by atoms with Crippen LogP contribution >= 0.6 is 11.3 Å². The van der Waals surface area contributed by atoms with Gasteiger partial charge >= 0.3 is 11.9 Å². The van der Waals surface area contributed by atoms with E-state index in [-0.39, 0.29) is 27.5 Å². The highest BCUT2D eigenvalue weighted by Crippen LogP contribution is 2.32. The van der Waals surface area contributed by atoms with Crippen LogP contribution in [0.25, 0.3) is 10.7 Å². The molecule has 0 saturated carbocycles. The maximum absolute atomic E-state index is 12.6. The Kier molecular flexibility index (Phi) is 5.36. The molecule has 0 atom stereocenters. The number of nitrogens with zero attached hydrogens (tertiary/aromatic N) is 2. The highest BCUT2D eigenvalue weighted by Gasteiger charge is 2.22. The lowest BCUT2D eigenvalue weighted by Crippen LogP contribution is -2.18. The van der Waals surface area contributed by atoms with Crippen molar-refractivity contribution in [3.8, 4) is 16.5 Å². The Labute approximate surface area is 165 Å². The number of carbonyl (C=O) groups excluding carboxylic acids is 2. The van der Waals surface area contributed by atoms with Crippen LogP contribution in [0, 0.1) is 0 Å². The Hall–Kier alpha value is -4.06. The highest BCUT2D eigenvalue weighted by molar-refractivity contribution is 7.14. The summed E-state index contributed by atoms with van der Waals surface area (Å²) in [5, 5.41) is 23.1. The molecule has 0 unspecified atom stereocenters. The van der Waals surface area contributed by atoms with Crippen molar-refractivity contribution in [2.24, 2.45) is 0 Å². The molecule has 0 aliphatic heterocycles. The van der Waals surface area contributed by atoms with E-state index in [2.05, 4.69) is 25.0 Å². The number of hydrogen-bond donors (Lipinski definition) is 4. The Morgan fingerprint density at radius 1 is 1.24 bits per heavy atom. The van der Waals surface area contributed by atoms with Gasteiger partial charge in [0.15, 0.2) is 11.5 Å². The molecule has 11 nitrogen and oxygen atoms in total. The number of methoxy groups -OCH3 is 1. The lowest BCUT2D eigenvalue weighted by molar-refractivity contribution is 0.0589. The first-order valence-corrected chi connectivity index (χ1v) is 8.69. The largest absolute Gasteiger partial charge is 0.501 e. The summed E-state index contributed by atoms with van der Waals surface area (Å²) in [4.78, 5) is 57.7. The summed E-state index contributed by atoms with van der Waals surface area (Å²) in [6.07, 6.45) is 2.32. The number of thiophene rings is 1. The van der Waals surface area contributed by atoms with Crippen LogP contribution in [0.1, 0.15) is 31.2 Å². The van der Waals surface area contributed by atoms with Crippen molar-refractivity contribution in [2.75, 3.05) is 12.4 Å². The van der Waals surface area contributed by atoms with Crippen molar-refractivity contribution in [1.29, 1.82) is 0 Å². The Morgan fingerprint density at radius 2 is 2.00 bits per heavy atom. The van der Waals surface area contributed by atoms with Crippen LogP contribution in [0.15, 0.2) is 34.7 Å². The van der Waals surface area contributed by atoms with Crippen LogP contribution in [0.3, 0.4) is 0 Å². The number of H-pyrrole nitrogens is 1. The number of aromatic amines is 1. The monoisotopic (exact) mass is 416 g/mol. The molecule has 3 rings (SSSR count). The molecule has 12 heteroatoms. The smallest absolute Gasteiger partial charge is 0.360 e.